The Morgan fingerprint density at radius 1 is 1.31 bits per heavy atom. The highest BCUT2D eigenvalue weighted by atomic mass is 16.5. The van der Waals surface area contributed by atoms with Gasteiger partial charge >= 0.3 is 0 Å². The van der Waals surface area contributed by atoms with Gasteiger partial charge in [0.2, 0.25) is 5.88 Å². The Morgan fingerprint density at radius 2 is 2.19 bits per heavy atom. The zero-order chi connectivity index (χ0) is 11.0. The maximum Gasteiger partial charge on any atom is 0.222 e. The van der Waals surface area contributed by atoms with Crippen LogP contribution in [-0.4, -0.2) is 5.16 Å². The number of nitrogen functional groups attached to an aromatic ring is 1. The number of aryl methyl sites for hydroxylation is 1. The van der Waals surface area contributed by atoms with Gasteiger partial charge in [-0.05, 0) is 30.4 Å². The van der Waals surface area contributed by atoms with Gasteiger partial charge in [-0.15, -0.1) is 0 Å². The van der Waals surface area contributed by atoms with E-state index in [1.165, 1.54) is 24.0 Å². The van der Waals surface area contributed by atoms with Crippen molar-refractivity contribution in [2.75, 3.05) is 5.73 Å². The predicted molar refractivity (Wildman–Crippen MR) is 62.1 cm³/mol. The van der Waals surface area contributed by atoms with Gasteiger partial charge in [0.25, 0.3) is 0 Å². The lowest BCUT2D eigenvalue weighted by Crippen LogP contribution is -2.10. The summed E-state index contributed by atoms with van der Waals surface area (Å²) in [7, 11) is 0. The molecule has 0 spiro atoms. The van der Waals surface area contributed by atoms with Crippen molar-refractivity contribution in [3.05, 3.63) is 47.2 Å². The van der Waals surface area contributed by atoms with Crippen LogP contribution >= 0.6 is 0 Å². The summed E-state index contributed by atoms with van der Waals surface area (Å²) in [5.41, 5.74) is 9.35. The molecule has 1 unspecified atom stereocenters. The zero-order valence-corrected chi connectivity index (χ0v) is 9.02. The van der Waals surface area contributed by atoms with Crippen LogP contribution in [0.2, 0.25) is 0 Å². The predicted octanol–water partition coefficient (Wildman–Crippen LogP) is 2.73. The van der Waals surface area contributed by atoms with E-state index in [-0.39, 0.29) is 0 Å². The van der Waals surface area contributed by atoms with Gasteiger partial charge in [-0.3, -0.25) is 0 Å². The summed E-state index contributed by atoms with van der Waals surface area (Å²) in [5.74, 6) is 0.754. The van der Waals surface area contributed by atoms with Crippen LogP contribution in [0.3, 0.4) is 0 Å². The Kier molecular flexibility index (Phi) is 2.17. The molecule has 1 aromatic heterocycles. The molecule has 1 aliphatic rings. The van der Waals surface area contributed by atoms with Crippen LogP contribution in [0, 0.1) is 0 Å². The molecule has 1 atom stereocenters. The quantitative estimate of drug-likeness (QED) is 0.794. The molecule has 0 bridgehead atoms. The van der Waals surface area contributed by atoms with Gasteiger partial charge in [-0.25, -0.2) is 0 Å². The monoisotopic (exact) mass is 214 g/mol. The molecular formula is C13H14N2O. The Bertz CT molecular complexity index is 504. The molecular weight excluding hydrogens is 200 g/mol. The molecule has 1 aromatic carbocycles. The normalized spacial score (nSPS) is 19.4. The van der Waals surface area contributed by atoms with Crippen LogP contribution in [-0.2, 0) is 6.42 Å². The first-order chi connectivity index (χ1) is 7.84. The van der Waals surface area contributed by atoms with E-state index in [1.54, 1.807) is 0 Å². The number of hydrogen-bond acceptors (Lipinski definition) is 3. The number of anilines is 1. The Hall–Kier alpha value is -1.77. The molecule has 1 heterocycles. The van der Waals surface area contributed by atoms with Gasteiger partial charge in [-0.2, -0.15) is 0 Å². The average molecular weight is 214 g/mol. The molecule has 16 heavy (non-hydrogen) atoms. The van der Waals surface area contributed by atoms with Gasteiger partial charge in [0, 0.05) is 12.0 Å². The van der Waals surface area contributed by atoms with Crippen molar-refractivity contribution in [2.45, 2.75) is 25.2 Å². The summed E-state index contributed by atoms with van der Waals surface area (Å²) in [5, 5.41) is 4.04. The van der Waals surface area contributed by atoms with Crippen LogP contribution in [0.5, 0.6) is 0 Å². The van der Waals surface area contributed by atoms with E-state index in [1.807, 2.05) is 6.07 Å². The summed E-state index contributed by atoms with van der Waals surface area (Å²) in [6.45, 7) is 0. The summed E-state index contributed by atoms with van der Waals surface area (Å²) in [6, 6.07) is 10.4. The van der Waals surface area contributed by atoms with Gasteiger partial charge in [0.1, 0.15) is 0 Å². The fourth-order valence-corrected chi connectivity index (χ4v) is 2.53. The molecule has 0 radical (unpaired) electrons. The average Bonchev–Trinajstić information content (AvgIpc) is 2.75. The van der Waals surface area contributed by atoms with Crippen molar-refractivity contribution in [1.29, 1.82) is 0 Å². The number of fused-ring (bicyclic) bond motifs is 1. The first-order valence-electron chi connectivity index (χ1n) is 5.64. The van der Waals surface area contributed by atoms with Crippen molar-refractivity contribution in [2.24, 2.45) is 0 Å². The summed E-state index contributed by atoms with van der Waals surface area (Å²) in [6.07, 6.45) is 3.50. The van der Waals surface area contributed by atoms with Crippen LogP contribution < -0.4 is 5.73 Å². The van der Waals surface area contributed by atoms with E-state index < -0.39 is 0 Å². The minimum absolute atomic E-state index is 0.353. The second-order valence-electron chi connectivity index (χ2n) is 4.30. The summed E-state index contributed by atoms with van der Waals surface area (Å²) < 4.78 is 4.96. The van der Waals surface area contributed by atoms with Crippen molar-refractivity contribution < 1.29 is 4.52 Å². The second-order valence-corrected chi connectivity index (χ2v) is 4.30. The fraction of sp³-hybridized carbons (Fsp3) is 0.308. The Labute approximate surface area is 94.2 Å². The smallest absolute Gasteiger partial charge is 0.222 e. The maximum absolute atomic E-state index is 5.58. The number of rotatable bonds is 1. The van der Waals surface area contributed by atoms with Crippen LogP contribution in [0.25, 0.3) is 0 Å². The van der Waals surface area contributed by atoms with E-state index in [9.17, 15) is 0 Å². The lowest BCUT2D eigenvalue weighted by atomic mass is 9.81. The van der Waals surface area contributed by atoms with Crippen molar-refractivity contribution in [3.63, 3.8) is 0 Å². The zero-order valence-electron chi connectivity index (χ0n) is 9.02. The SMILES string of the molecule is Nc1cc(C2CCCc3ccccc32)no1. The largest absolute Gasteiger partial charge is 0.368 e. The highest BCUT2D eigenvalue weighted by Gasteiger charge is 2.23. The first-order valence-corrected chi connectivity index (χ1v) is 5.64. The molecule has 1 aliphatic carbocycles. The van der Waals surface area contributed by atoms with E-state index in [0.29, 0.717) is 11.8 Å². The minimum Gasteiger partial charge on any atom is -0.368 e. The third kappa shape index (κ3) is 1.48. The van der Waals surface area contributed by atoms with Gasteiger partial charge in [-0.1, -0.05) is 29.4 Å². The van der Waals surface area contributed by atoms with Crippen LogP contribution in [0.1, 0.15) is 35.6 Å². The summed E-state index contributed by atoms with van der Waals surface area (Å²) >= 11 is 0. The standard InChI is InChI=1S/C13H14N2O/c14-13-8-12(15-16-13)11-7-3-5-9-4-1-2-6-10(9)11/h1-2,4,6,8,11H,3,5,7,14H2. The Balaban J connectivity index is 2.04. The van der Waals surface area contributed by atoms with E-state index in [4.69, 9.17) is 10.3 Å². The number of hydrogen-bond donors (Lipinski definition) is 1. The van der Waals surface area contributed by atoms with Gasteiger partial charge in [0.05, 0.1) is 5.69 Å². The Morgan fingerprint density at radius 3 is 3.00 bits per heavy atom. The van der Waals surface area contributed by atoms with Gasteiger partial charge in [0.15, 0.2) is 0 Å². The molecule has 0 amide bonds. The van der Waals surface area contributed by atoms with Crippen molar-refractivity contribution in [3.8, 4) is 0 Å². The number of benzene rings is 1. The number of nitrogens with two attached hydrogens (primary N) is 1. The minimum atomic E-state index is 0.353. The van der Waals surface area contributed by atoms with Crippen molar-refractivity contribution >= 4 is 5.88 Å². The third-order valence-corrected chi connectivity index (χ3v) is 3.27. The molecule has 0 saturated heterocycles. The van der Waals surface area contributed by atoms with E-state index in [2.05, 4.69) is 29.4 Å². The van der Waals surface area contributed by atoms with E-state index in [0.717, 1.165) is 12.1 Å². The number of aromatic nitrogens is 1. The maximum atomic E-state index is 5.58. The molecule has 2 N–H and O–H groups in total. The lowest BCUT2D eigenvalue weighted by Gasteiger charge is -2.23. The molecule has 0 aliphatic heterocycles. The van der Waals surface area contributed by atoms with Crippen LogP contribution in [0.15, 0.2) is 34.9 Å². The highest BCUT2D eigenvalue weighted by Crippen LogP contribution is 2.36. The summed E-state index contributed by atoms with van der Waals surface area (Å²) in [4.78, 5) is 0. The fourth-order valence-electron chi connectivity index (χ4n) is 2.53. The molecule has 3 heteroatoms. The third-order valence-electron chi connectivity index (χ3n) is 3.27. The topological polar surface area (TPSA) is 52.0 Å². The molecule has 82 valence electrons. The van der Waals surface area contributed by atoms with E-state index >= 15 is 0 Å². The second kappa shape index (κ2) is 3.67. The highest BCUT2D eigenvalue weighted by molar-refractivity contribution is 5.39. The first kappa shape index (κ1) is 9.46. The van der Waals surface area contributed by atoms with Crippen LogP contribution in [0.4, 0.5) is 5.88 Å². The molecule has 0 saturated carbocycles. The molecule has 3 nitrogen and oxygen atoms in total. The molecule has 0 fully saturated rings. The van der Waals surface area contributed by atoms with Gasteiger partial charge < -0.3 is 10.3 Å². The van der Waals surface area contributed by atoms with Crippen molar-refractivity contribution in [1.82, 2.24) is 5.16 Å². The number of nitrogens with zero attached hydrogens (tertiary/aromatic N) is 1. The molecule has 2 aromatic rings. The molecule has 3 rings (SSSR count). The lowest BCUT2D eigenvalue weighted by molar-refractivity contribution is 0.419.